The molecule has 1 spiro atoms. The Balaban J connectivity index is 1.27. The Morgan fingerprint density at radius 3 is 1.65 bits per heavy atom. The maximum absolute atomic E-state index is 5.48. The second-order valence-electron chi connectivity index (χ2n) is 14.5. The van der Waals surface area contributed by atoms with Crippen molar-refractivity contribution in [1.29, 1.82) is 0 Å². The predicted octanol–water partition coefficient (Wildman–Crippen LogP) is 12.9. The minimum Gasteiger partial charge on any atom is -0.276 e. The number of nitrogens with zero attached hydrogens (tertiary/aromatic N) is 3. The van der Waals surface area contributed by atoms with Gasteiger partial charge in [-0.15, -0.1) is 0 Å². The highest BCUT2D eigenvalue weighted by Gasteiger charge is 2.50. The van der Waals surface area contributed by atoms with Crippen LogP contribution in [0, 0.1) is 0 Å². The lowest BCUT2D eigenvalue weighted by Crippen LogP contribution is -2.32. The highest BCUT2D eigenvalue weighted by Crippen LogP contribution is 2.63. The maximum Gasteiger partial charge on any atom is 0.235 e. The number of rotatable bonds is 3. The molecule has 3 heterocycles. The quantitative estimate of drug-likeness (QED) is 0.182. The lowest BCUT2D eigenvalue weighted by atomic mass is 9.67. The van der Waals surface area contributed by atoms with Crippen LogP contribution in [0.25, 0.3) is 72.2 Å². The van der Waals surface area contributed by atoms with E-state index in [9.17, 15) is 0 Å². The molecule has 0 radical (unpaired) electrons. The van der Waals surface area contributed by atoms with Crippen LogP contribution < -0.4 is 0 Å². The van der Waals surface area contributed by atoms with Gasteiger partial charge in [0.15, 0.2) is 0 Å². The molecule has 0 unspecified atom stereocenters. The SMILES string of the molecule is c1ccc(-c2cc(-c3ccccc3)nc(-n3c4c5c(ccc4c4ccc6ccccc6c43)C3(c4ccccc4S5)c4ccccc4-c4ccccc43)n2)cc1. The smallest absolute Gasteiger partial charge is 0.235 e. The van der Waals surface area contributed by atoms with Crippen molar-refractivity contribution >= 4 is 44.3 Å². The summed E-state index contributed by atoms with van der Waals surface area (Å²) in [7, 11) is 0. The zero-order chi connectivity index (χ0) is 36.1. The first-order valence-electron chi connectivity index (χ1n) is 18.8. The molecule has 256 valence electrons. The summed E-state index contributed by atoms with van der Waals surface area (Å²) in [5.41, 5.74) is 13.5. The highest BCUT2D eigenvalue weighted by atomic mass is 32.2. The summed E-state index contributed by atoms with van der Waals surface area (Å²) in [6.45, 7) is 0. The molecule has 4 heteroatoms. The van der Waals surface area contributed by atoms with E-state index in [2.05, 4.69) is 193 Å². The third-order valence-corrected chi connectivity index (χ3v) is 12.9. The van der Waals surface area contributed by atoms with Crippen LogP contribution in [0.15, 0.2) is 198 Å². The summed E-state index contributed by atoms with van der Waals surface area (Å²) < 4.78 is 2.38. The van der Waals surface area contributed by atoms with E-state index >= 15 is 0 Å². The van der Waals surface area contributed by atoms with Gasteiger partial charge in [0.05, 0.1) is 27.8 Å². The highest BCUT2D eigenvalue weighted by molar-refractivity contribution is 7.99. The molecule has 2 aliphatic rings. The number of hydrogen-bond donors (Lipinski definition) is 0. The van der Waals surface area contributed by atoms with Crippen molar-refractivity contribution in [3.05, 3.63) is 210 Å². The molecule has 0 fully saturated rings. The van der Waals surface area contributed by atoms with Crippen LogP contribution in [0.1, 0.15) is 22.3 Å². The Morgan fingerprint density at radius 1 is 0.418 bits per heavy atom. The zero-order valence-corrected chi connectivity index (χ0v) is 30.5. The first-order valence-corrected chi connectivity index (χ1v) is 19.6. The van der Waals surface area contributed by atoms with E-state index in [4.69, 9.17) is 9.97 Å². The monoisotopic (exact) mass is 717 g/mol. The zero-order valence-electron chi connectivity index (χ0n) is 29.6. The fourth-order valence-corrected chi connectivity index (χ4v) is 10.7. The molecule has 12 rings (SSSR count). The average Bonchev–Trinajstić information content (AvgIpc) is 3.76. The van der Waals surface area contributed by atoms with Gasteiger partial charge in [-0.25, -0.2) is 9.97 Å². The molecule has 1 aliphatic carbocycles. The lowest BCUT2D eigenvalue weighted by Gasteiger charge is -2.40. The Hall–Kier alpha value is -6.75. The predicted molar refractivity (Wildman–Crippen MR) is 226 cm³/mol. The number of fused-ring (bicyclic) bond motifs is 15. The molecule has 0 bridgehead atoms. The molecule has 10 aromatic rings. The molecule has 0 amide bonds. The summed E-state index contributed by atoms with van der Waals surface area (Å²) >= 11 is 1.88. The van der Waals surface area contributed by atoms with E-state index in [1.54, 1.807) is 0 Å². The van der Waals surface area contributed by atoms with Gasteiger partial charge in [-0.05, 0) is 50.9 Å². The van der Waals surface area contributed by atoms with Crippen molar-refractivity contribution in [3.8, 4) is 39.6 Å². The van der Waals surface area contributed by atoms with Crippen molar-refractivity contribution in [2.24, 2.45) is 0 Å². The van der Waals surface area contributed by atoms with Gasteiger partial charge >= 0.3 is 0 Å². The Labute approximate surface area is 322 Å². The summed E-state index contributed by atoms with van der Waals surface area (Å²) in [5, 5.41) is 4.74. The topological polar surface area (TPSA) is 30.7 Å². The number of benzene rings is 8. The average molecular weight is 718 g/mol. The van der Waals surface area contributed by atoms with Gasteiger partial charge in [-0.2, -0.15) is 0 Å². The summed E-state index contributed by atoms with van der Waals surface area (Å²) in [5.74, 6) is 0.658. The lowest BCUT2D eigenvalue weighted by molar-refractivity contribution is 0.724. The fourth-order valence-electron chi connectivity index (χ4n) is 9.42. The van der Waals surface area contributed by atoms with Crippen LogP contribution in [-0.4, -0.2) is 14.5 Å². The van der Waals surface area contributed by atoms with E-state index < -0.39 is 5.41 Å². The van der Waals surface area contributed by atoms with Gasteiger partial charge < -0.3 is 0 Å². The van der Waals surface area contributed by atoms with Crippen molar-refractivity contribution in [2.75, 3.05) is 0 Å². The van der Waals surface area contributed by atoms with E-state index in [-0.39, 0.29) is 0 Å². The summed E-state index contributed by atoms with van der Waals surface area (Å²) in [4.78, 5) is 13.4. The molecular formula is C51H31N3S. The van der Waals surface area contributed by atoms with Gasteiger partial charge in [0.2, 0.25) is 5.95 Å². The first kappa shape index (κ1) is 30.7. The van der Waals surface area contributed by atoms with Gasteiger partial charge in [0, 0.05) is 37.1 Å². The third-order valence-electron chi connectivity index (χ3n) is 11.7. The minimum atomic E-state index is -0.496. The number of hydrogen-bond acceptors (Lipinski definition) is 3. The van der Waals surface area contributed by atoms with E-state index in [0.717, 1.165) is 33.5 Å². The van der Waals surface area contributed by atoms with Gasteiger partial charge in [-0.1, -0.05) is 188 Å². The normalized spacial score (nSPS) is 13.5. The maximum atomic E-state index is 5.48. The fraction of sp³-hybridized carbons (Fsp3) is 0.0196. The van der Waals surface area contributed by atoms with Crippen molar-refractivity contribution in [1.82, 2.24) is 14.5 Å². The van der Waals surface area contributed by atoms with Gasteiger partial charge in [0.1, 0.15) is 0 Å². The van der Waals surface area contributed by atoms with Crippen molar-refractivity contribution in [2.45, 2.75) is 15.2 Å². The first-order chi connectivity index (χ1) is 27.3. The van der Waals surface area contributed by atoms with E-state index in [1.807, 2.05) is 11.8 Å². The Morgan fingerprint density at radius 2 is 0.964 bits per heavy atom. The number of aromatic nitrogens is 3. The van der Waals surface area contributed by atoms with Crippen molar-refractivity contribution in [3.63, 3.8) is 0 Å². The van der Waals surface area contributed by atoms with Gasteiger partial charge in [0.25, 0.3) is 0 Å². The van der Waals surface area contributed by atoms with E-state index in [0.29, 0.717) is 5.95 Å². The third kappa shape index (κ3) is 4.23. The summed E-state index contributed by atoms with van der Waals surface area (Å²) in [6.07, 6.45) is 0. The second-order valence-corrected chi connectivity index (χ2v) is 15.5. The molecule has 3 nitrogen and oxygen atoms in total. The van der Waals surface area contributed by atoms with Crippen LogP contribution in [-0.2, 0) is 5.41 Å². The van der Waals surface area contributed by atoms with E-state index in [1.165, 1.54) is 64.7 Å². The molecule has 55 heavy (non-hydrogen) atoms. The van der Waals surface area contributed by atoms with Crippen LogP contribution in [0.5, 0.6) is 0 Å². The van der Waals surface area contributed by atoms with Gasteiger partial charge in [-0.3, -0.25) is 4.57 Å². The van der Waals surface area contributed by atoms with Crippen LogP contribution in [0.2, 0.25) is 0 Å². The Kier molecular flexibility index (Phi) is 6.48. The van der Waals surface area contributed by atoms with Crippen molar-refractivity contribution < 1.29 is 0 Å². The molecule has 0 N–H and O–H groups in total. The molecule has 0 saturated carbocycles. The molecular weight excluding hydrogens is 687 g/mol. The second kappa shape index (κ2) is 11.6. The molecule has 0 saturated heterocycles. The largest absolute Gasteiger partial charge is 0.276 e. The molecule has 2 aromatic heterocycles. The minimum absolute atomic E-state index is 0.496. The standard InChI is InChI=1S/C51H31N3S/c1-3-16-33(17-4-1)44-31-45(34-18-5-2-6-19-34)53-50(52-44)54-47-35-20-8-7-15-32(35)27-28-38(47)39-29-30-43-49(48(39)54)55-46-26-14-13-25-42(46)51(43)40-23-11-9-21-36(40)37-22-10-12-24-41(37)51/h1-31H. The van der Waals surface area contributed by atoms with Crippen LogP contribution >= 0.6 is 11.8 Å². The molecule has 0 atom stereocenters. The summed E-state index contributed by atoms with van der Waals surface area (Å²) in [6, 6.07) is 68.2. The van der Waals surface area contributed by atoms with Crippen LogP contribution in [0.3, 0.4) is 0 Å². The Bertz CT molecular complexity index is 3080. The van der Waals surface area contributed by atoms with Crippen LogP contribution in [0.4, 0.5) is 0 Å². The molecule has 1 aliphatic heterocycles. The molecule has 8 aromatic carbocycles.